The van der Waals surface area contributed by atoms with E-state index in [1.54, 1.807) is 18.7 Å². The summed E-state index contributed by atoms with van der Waals surface area (Å²) >= 11 is 0. The molecule has 0 aliphatic carbocycles. The molecule has 1 aromatic carbocycles. The van der Waals surface area contributed by atoms with Crippen LogP contribution in [0.3, 0.4) is 0 Å². The van der Waals surface area contributed by atoms with E-state index >= 15 is 0 Å². The summed E-state index contributed by atoms with van der Waals surface area (Å²) in [7, 11) is 0. The molecular formula is C23H26N6. The van der Waals surface area contributed by atoms with Crippen LogP contribution in [0, 0.1) is 19.8 Å². The molecular weight excluding hydrogens is 360 g/mol. The van der Waals surface area contributed by atoms with Crippen molar-refractivity contribution in [1.29, 1.82) is 0 Å². The summed E-state index contributed by atoms with van der Waals surface area (Å²) in [5.41, 5.74) is 6.29. The Hall–Kier alpha value is -3.28. The highest BCUT2D eigenvalue weighted by molar-refractivity contribution is 5.92. The predicted octanol–water partition coefficient (Wildman–Crippen LogP) is 4.64. The van der Waals surface area contributed by atoms with Crippen LogP contribution in [-0.2, 0) is 13.0 Å². The van der Waals surface area contributed by atoms with Crippen molar-refractivity contribution in [3.63, 3.8) is 0 Å². The Kier molecular flexibility index (Phi) is 5.25. The second-order valence-corrected chi connectivity index (χ2v) is 7.88. The fraction of sp³-hybridized carbons (Fsp3) is 0.304. The summed E-state index contributed by atoms with van der Waals surface area (Å²) in [6.45, 7) is 9.06. The quantitative estimate of drug-likeness (QED) is 0.523. The van der Waals surface area contributed by atoms with Crippen LogP contribution in [0.25, 0.3) is 16.7 Å². The molecule has 148 valence electrons. The third-order valence-electron chi connectivity index (χ3n) is 4.87. The van der Waals surface area contributed by atoms with Crippen molar-refractivity contribution in [1.82, 2.24) is 24.5 Å². The molecule has 0 fully saturated rings. The molecule has 0 unspecified atom stereocenters. The number of rotatable bonds is 6. The topological polar surface area (TPSA) is 68.5 Å². The Bertz CT molecular complexity index is 1110. The average molecular weight is 387 g/mol. The van der Waals surface area contributed by atoms with Gasteiger partial charge in [-0.15, -0.1) is 0 Å². The lowest BCUT2D eigenvalue weighted by Gasteiger charge is -2.09. The first kappa shape index (κ1) is 19.1. The minimum absolute atomic E-state index is 0.531. The van der Waals surface area contributed by atoms with Gasteiger partial charge < -0.3 is 9.88 Å². The first-order valence-corrected chi connectivity index (χ1v) is 9.94. The summed E-state index contributed by atoms with van der Waals surface area (Å²) in [4.78, 5) is 17.9. The Labute approximate surface area is 171 Å². The maximum atomic E-state index is 4.62. The van der Waals surface area contributed by atoms with E-state index in [9.17, 15) is 0 Å². The minimum atomic E-state index is 0.531. The van der Waals surface area contributed by atoms with Gasteiger partial charge in [0.1, 0.15) is 17.8 Å². The lowest BCUT2D eigenvalue weighted by atomic mass is 10.0. The number of hydrogen-bond donors (Lipinski definition) is 1. The summed E-state index contributed by atoms with van der Waals surface area (Å²) in [6, 6.07) is 8.51. The molecule has 0 spiro atoms. The van der Waals surface area contributed by atoms with Crippen LogP contribution in [0.15, 0.2) is 49.2 Å². The zero-order valence-corrected chi connectivity index (χ0v) is 17.3. The zero-order valence-electron chi connectivity index (χ0n) is 17.3. The summed E-state index contributed by atoms with van der Waals surface area (Å²) in [5, 5.41) is 4.52. The number of nitrogens with zero attached hydrogens (tertiary/aromatic N) is 5. The summed E-state index contributed by atoms with van der Waals surface area (Å²) < 4.78 is 2.16. The Morgan fingerprint density at radius 3 is 2.45 bits per heavy atom. The van der Waals surface area contributed by atoms with E-state index in [0.717, 1.165) is 40.3 Å². The van der Waals surface area contributed by atoms with Gasteiger partial charge in [-0.1, -0.05) is 31.5 Å². The molecule has 4 aromatic rings. The Morgan fingerprint density at radius 2 is 1.76 bits per heavy atom. The molecule has 0 radical (unpaired) electrons. The highest BCUT2D eigenvalue weighted by Gasteiger charge is 2.17. The molecule has 4 rings (SSSR count). The zero-order chi connectivity index (χ0) is 20.4. The number of anilines is 1. The van der Waals surface area contributed by atoms with Crippen LogP contribution < -0.4 is 5.32 Å². The second-order valence-electron chi connectivity index (χ2n) is 7.88. The molecule has 1 N–H and O–H groups in total. The van der Waals surface area contributed by atoms with E-state index in [1.807, 2.05) is 6.92 Å². The maximum absolute atomic E-state index is 4.62. The van der Waals surface area contributed by atoms with Crippen LogP contribution >= 0.6 is 0 Å². The van der Waals surface area contributed by atoms with Gasteiger partial charge in [0.15, 0.2) is 0 Å². The number of nitrogens with one attached hydrogen (secondary N) is 1. The SMILES string of the molecule is Cc1ccc(-n2cc(CC(C)C)c3c(NCc4cnc(C)cn4)ncnc32)cc1. The lowest BCUT2D eigenvalue weighted by Crippen LogP contribution is -2.06. The van der Waals surface area contributed by atoms with Crippen LogP contribution in [-0.4, -0.2) is 24.5 Å². The number of aryl methyl sites for hydroxylation is 2. The van der Waals surface area contributed by atoms with Gasteiger partial charge >= 0.3 is 0 Å². The van der Waals surface area contributed by atoms with E-state index in [2.05, 4.69) is 81.1 Å². The second kappa shape index (κ2) is 7.99. The molecule has 6 heteroatoms. The van der Waals surface area contributed by atoms with Gasteiger partial charge in [0.25, 0.3) is 0 Å². The molecule has 3 aromatic heterocycles. The molecule has 29 heavy (non-hydrogen) atoms. The van der Waals surface area contributed by atoms with Crippen molar-refractivity contribution >= 4 is 16.9 Å². The highest BCUT2D eigenvalue weighted by Crippen LogP contribution is 2.30. The van der Waals surface area contributed by atoms with Crippen molar-refractivity contribution in [2.75, 3.05) is 5.32 Å². The summed E-state index contributed by atoms with van der Waals surface area (Å²) in [5.74, 6) is 1.36. The molecule has 6 nitrogen and oxygen atoms in total. The van der Waals surface area contributed by atoms with Crippen LogP contribution in [0.5, 0.6) is 0 Å². The smallest absolute Gasteiger partial charge is 0.150 e. The molecule has 0 aliphatic rings. The lowest BCUT2D eigenvalue weighted by molar-refractivity contribution is 0.649. The molecule has 0 bridgehead atoms. The largest absolute Gasteiger partial charge is 0.364 e. The van der Waals surface area contributed by atoms with E-state index in [4.69, 9.17) is 0 Å². The van der Waals surface area contributed by atoms with E-state index in [0.29, 0.717) is 12.5 Å². The van der Waals surface area contributed by atoms with E-state index in [1.165, 1.54) is 11.1 Å². The number of fused-ring (bicyclic) bond motifs is 1. The van der Waals surface area contributed by atoms with Crippen molar-refractivity contribution in [3.05, 3.63) is 71.7 Å². The Balaban J connectivity index is 1.76. The van der Waals surface area contributed by atoms with E-state index in [-0.39, 0.29) is 0 Å². The van der Waals surface area contributed by atoms with Gasteiger partial charge in [-0.25, -0.2) is 9.97 Å². The molecule has 3 heterocycles. The average Bonchev–Trinajstić information content (AvgIpc) is 3.06. The maximum Gasteiger partial charge on any atom is 0.150 e. The first-order chi connectivity index (χ1) is 14.0. The van der Waals surface area contributed by atoms with Crippen LogP contribution in [0.1, 0.15) is 36.4 Å². The molecule has 0 saturated heterocycles. The number of benzene rings is 1. The first-order valence-electron chi connectivity index (χ1n) is 9.94. The predicted molar refractivity (Wildman–Crippen MR) is 116 cm³/mol. The monoisotopic (exact) mass is 386 g/mol. The van der Waals surface area contributed by atoms with E-state index < -0.39 is 0 Å². The molecule has 0 aliphatic heterocycles. The van der Waals surface area contributed by atoms with Gasteiger partial charge in [0, 0.05) is 18.1 Å². The van der Waals surface area contributed by atoms with Gasteiger partial charge in [0.05, 0.1) is 29.5 Å². The van der Waals surface area contributed by atoms with Crippen molar-refractivity contribution < 1.29 is 0 Å². The molecule has 0 atom stereocenters. The fourth-order valence-electron chi connectivity index (χ4n) is 3.45. The van der Waals surface area contributed by atoms with Crippen LogP contribution in [0.4, 0.5) is 5.82 Å². The van der Waals surface area contributed by atoms with Crippen LogP contribution in [0.2, 0.25) is 0 Å². The Morgan fingerprint density at radius 1 is 0.966 bits per heavy atom. The van der Waals surface area contributed by atoms with Crippen molar-refractivity contribution in [2.24, 2.45) is 5.92 Å². The third-order valence-corrected chi connectivity index (χ3v) is 4.87. The highest BCUT2D eigenvalue weighted by atomic mass is 15.1. The number of aromatic nitrogens is 5. The van der Waals surface area contributed by atoms with Gasteiger partial charge in [-0.3, -0.25) is 9.97 Å². The van der Waals surface area contributed by atoms with Gasteiger partial charge in [-0.2, -0.15) is 0 Å². The molecule has 0 amide bonds. The number of hydrogen-bond acceptors (Lipinski definition) is 5. The third kappa shape index (κ3) is 4.11. The summed E-state index contributed by atoms with van der Waals surface area (Å²) in [6.07, 6.45) is 8.36. The van der Waals surface area contributed by atoms with Gasteiger partial charge in [0.2, 0.25) is 0 Å². The van der Waals surface area contributed by atoms with Crippen molar-refractivity contribution in [2.45, 2.75) is 40.7 Å². The fourth-order valence-corrected chi connectivity index (χ4v) is 3.45. The van der Waals surface area contributed by atoms with Crippen molar-refractivity contribution in [3.8, 4) is 5.69 Å². The minimum Gasteiger partial charge on any atom is -0.364 e. The normalized spacial score (nSPS) is 11.3. The van der Waals surface area contributed by atoms with Gasteiger partial charge in [-0.05, 0) is 43.9 Å². The standard InChI is InChI=1S/C23H26N6/c1-15(2)9-18-13-29(20-7-5-16(3)6-8-20)23-21(18)22(27-14-28-23)26-12-19-11-24-17(4)10-25-19/h5-8,10-11,13-15H,9,12H2,1-4H3,(H,26,27,28). The molecule has 0 saturated carbocycles.